The third-order valence-corrected chi connectivity index (χ3v) is 4.44. The van der Waals surface area contributed by atoms with Gasteiger partial charge in [0.2, 0.25) is 0 Å². The maximum atomic E-state index is 6.36. The molecule has 0 amide bonds. The number of hydrogen-bond acceptors (Lipinski definition) is 3. The SMILES string of the molecule is CC(N)(CN1CCCSCC1)C1CC1. The van der Waals surface area contributed by atoms with Crippen molar-refractivity contribution in [3.05, 3.63) is 0 Å². The Kier molecular flexibility index (Phi) is 3.40. The quantitative estimate of drug-likeness (QED) is 0.773. The Morgan fingerprint density at radius 1 is 1.36 bits per heavy atom. The molecule has 14 heavy (non-hydrogen) atoms. The summed E-state index contributed by atoms with van der Waals surface area (Å²) < 4.78 is 0. The first-order chi connectivity index (χ1) is 6.68. The smallest absolute Gasteiger partial charge is 0.0283 e. The maximum Gasteiger partial charge on any atom is 0.0283 e. The molecule has 1 saturated heterocycles. The summed E-state index contributed by atoms with van der Waals surface area (Å²) in [7, 11) is 0. The Morgan fingerprint density at radius 3 is 2.86 bits per heavy atom. The molecule has 2 rings (SSSR count). The molecule has 1 saturated carbocycles. The molecular weight excluding hydrogens is 192 g/mol. The largest absolute Gasteiger partial charge is 0.324 e. The van der Waals surface area contributed by atoms with E-state index in [0.29, 0.717) is 0 Å². The van der Waals surface area contributed by atoms with E-state index in [1.165, 1.54) is 43.9 Å². The summed E-state index contributed by atoms with van der Waals surface area (Å²) in [5.74, 6) is 3.43. The van der Waals surface area contributed by atoms with Crippen molar-refractivity contribution < 1.29 is 0 Å². The van der Waals surface area contributed by atoms with Gasteiger partial charge in [0.15, 0.2) is 0 Å². The Labute approximate surface area is 91.6 Å². The lowest BCUT2D eigenvalue weighted by molar-refractivity contribution is 0.215. The molecule has 2 fully saturated rings. The van der Waals surface area contributed by atoms with E-state index in [2.05, 4.69) is 23.6 Å². The number of nitrogens with zero attached hydrogens (tertiary/aromatic N) is 1. The number of rotatable bonds is 3. The van der Waals surface area contributed by atoms with E-state index < -0.39 is 0 Å². The molecule has 2 nitrogen and oxygen atoms in total. The zero-order chi connectivity index (χ0) is 10.0. The van der Waals surface area contributed by atoms with E-state index in [4.69, 9.17) is 5.73 Å². The van der Waals surface area contributed by atoms with Gasteiger partial charge in [0.25, 0.3) is 0 Å². The van der Waals surface area contributed by atoms with Crippen molar-refractivity contribution in [2.24, 2.45) is 11.7 Å². The van der Waals surface area contributed by atoms with E-state index in [1.54, 1.807) is 0 Å². The van der Waals surface area contributed by atoms with Gasteiger partial charge in [0, 0.05) is 24.4 Å². The molecule has 1 aliphatic heterocycles. The summed E-state index contributed by atoms with van der Waals surface area (Å²) >= 11 is 2.09. The molecule has 0 aromatic carbocycles. The minimum Gasteiger partial charge on any atom is -0.324 e. The predicted octanol–water partition coefficient (Wildman–Crippen LogP) is 1.55. The second kappa shape index (κ2) is 4.42. The van der Waals surface area contributed by atoms with Crippen molar-refractivity contribution in [3.63, 3.8) is 0 Å². The number of hydrogen-bond donors (Lipinski definition) is 1. The summed E-state index contributed by atoms with van der Waals surface area (Å²) in [6, 6.07) is 0. The lowest BCUT2D eigenvalue weighted by Gasteiger charge is -2.31. The topological polar surface area (TPSA) is 29.3 Å². The molecule has 3 heteroatoms. The first kappa shape index (κ1) is 10.8. The molecule has 2 aliphatic rings. The maximum absolute atomic E-state index is 6.36. The fourth-order valence-corrected chi connectivity index (χ4v) is 3.23. The van der Waals surface area contributed by atoms with Gasteiger partial charge in [-0.25, -0.2) is 0 Å². The van der Waals surface area contributed by atoms with Crippen LogP contribution in [0.3, 0.4) is 0 Å². The molecule has 1 aliphatic carbocycles. The molecule has 0 spiro atoms. The van der Waals surface area contributed by atoms with Crippen LogP contribution in [0.1, 0.15) is 26.2 Å². The second-order valence-corrected chi connectivity index (χ2v) is 6.25. The van der Waals surface area contributed by atoms with Crippen molar-refractivity contribution in [1.82, 2.24) is 4.90 Å². The first-order valence-electron chi connectivity index (χ1n) is 5.77. The van der Waals surface area contributed by atoms with Crippen LogP contribution in [0.2, 0.25) is 0 Å². The molecule has 1 heterocycles. The lowest BCUT2D eigenvalue weighted by atomic mass is 9.96. The van der Waals surface area contributed by atoms with Gasteiger partial charge in [-0.2, -0.15) is 11.8 Å². The van der Waals surface area contributed by atoms with Gasteiger partial charge in [-0.15, -0.1) is 0 Å². The first-order valence-corrected chi connectivity index (χ1v) is 6.93. The van der Waals surface area contributed by atoms with Crippen LogP contribution in [0.25, 0.3) is 0 Å². The van der Waals surface area contributed by atoms with Gasteiger partial charge in [-0.1, -0.05) is 0 Å². The summed E-state index contributed by atoms with van der Waals surface area (Å²) in [5.41, 5.74) is 6.43. The lowest BCUT2D eigenvalue weighted by Crippen LogP contribution is -2.50. The van der Waals surface area contributed by atoms with Gasteiger partial charge in [-0.05, 0) is 44.4 Å². The third kappa shape index (κ3) is 2.88. The molecule has 0 radical (unpaired) electrons. The van der Waals surface area contributed by atoms with Crippen molar-refractivity contribution in [1.29, 1.82) is 0 Å². The highest BCUT2D eigenvalue weighted by atomic mass is 32.2. The van der Waals surface area contributed by atoms with Crippen molar-refractivity contribution in [3.8, 4) is 0 Å². The van der Waals surface area contributed by atoms with Gasteiger partial charge in [0.05, 0.1) is 0 Å². The highest BCUT2D eigenvalue weighted by Crippen LogP contribution is 2.38. The standard InChI is InChI=1S/C11H22N2S/c1-11(12,10-3-4-10)9-13-5-2-7-14-8-6-13/h10H,2-9,12H2,1H3. The van der Waals surface area contributed by atoms with Crippen LogP contribution in [0.4, 0.5) is 0 Å². The number of thioether (sulfide) groups is 1. The molecule has 82 valence electrons. The molecule has 1 atom stereocenters. The average Bonchev–Trinajstić information content (AvgIpc) is 2.90. The minimum atomic E-state index is 0.0784. The molecule has 1 unspecified atom stereocenters. The monoisotopic (exact) mass is 214 g/mol. The van der Waals surface area contributed by atoms with Crippen LogP contribution >= 0.6 is 11.8 Å². The highest BCUT2D eigenvalue weighted by molar-refractivity contribution is 7.99. The average molecular weight is 214 g/mol. The molecule has 0 bridgehead atoms. The Balaban J connectivity index is 1.82. The normalized spacial score (nSPS) is 29.6. The second-order valence-electron chi connectivity index (χ2n) is 5.02. The van der Waals surface area contributed by atoms with Crippen LogP contribution in [-0.2, 0) is 0 Å². The van der Waals surface area contributed by atoms with Crippen molar-refractivity contribution >= 4 is 11.8 Å². The van der Waals surface area contributed by atoms with Crippen molar-refractivity contribution in [2.75, 3.05) is 31.1 Å². The van der Waals surface area contributed by atoms with E-state index in [1.807, 2.05) is 0 Å². The van der Waals surface area contributed by atoms with Crippen LogP contribution < -0.4 is 5.73 Å². The fourth-order valence-electron chi connectivity index (χ4n) is 2.31. The fraction of sp³-hybridized carbons (Fsp3) is 1.00. The Hall–Kier alpha value is 0.270. The van der Waals surface area contributed by atoms with Crippen LogP contribution in [0, 0.1) is 5.92 Å². The zero-order valence-electron chi connectivity index (χ0n) is 9.17. The molecule has 0 aromatic heterocycles. The van der Waals surface area contributed by atoms with Gasteiger partial charge in [0.1, 0.15) is 0 Å². The number of nitrogens with two attached hydrogens (primary N) is 1. The Bertz CT molecular complexity index is 182. The Morgan fingerprint density at radius 2 is 2.14 bits per heavy atom. The predicted molar refractivity (Wildman–Crippen MR) is 63.7 cm³/mol. The summed E-state index contributed by atoms with van der Waals surface area (Å²) in [6.07, 6.45) is 4.05. The van der Waals surface area contributed by atoms with E-state index >= 15 is 0 Å². The summed E-state index contributed by atoms with van der Waals surface area (Å²) in [5, 5.41) is 0. The van der Waals surface area contributed by atoms with E-state index in [0.717, 1.165) is 12.5 Å². The zero-order valence-corrected chi connectivity index (χ0v) is 9.98. The van der Waals surface area contributed by atoms with Crippen LogP contribution in [-0.4, -0.2) is 41.6 Å². The molecule has 0 aromatic rings. The van der Waals surface area contributed by atoms with Crippen LogP contribution in [0.15, 0.2) is 0 Å². The minimum absolute atomic E-state index is 0.0784. The van der Waals surface area contributed by atoms with E-state index in [9.17, 15) is 0 Å². The van der Waals surface area contributed by atoms with Gasteiger partial charge < -0.3 is 10.6 Å². The third-order valence-electron chi connectivity index (χ3n) is 3.39. The van der Waals surface area contributed by atoms with Crippen LogP contribution in [0.5, 0.6) is 0 Å². The molecular formula is C11H22N2S. The van der Waals surface area contributed by atoms with Gasteiger partial charge in [-0.3, -0.25) is 0 Å². The van der Waals surface area contributed by atoms with Crippen molar-refractivity contribution in [2.45, 2.75) is 31.7 Å². The van der Waals surface area contributed by atoms with Gasteiger partial charge >= 0.3 is 0 Å². The molecule has 2 N–H and O–H groups in total. The highest BCUT2D eigenvalue weighted by Gasteiger charge is 2.39. The summed E-state index contributed by atoms with van der Waals surface area (Å²) in [4.78, 5) is 2.57. The van der Waals surface area contributed by atoms with E-state index in [-0.39, 0.29) is 5.54 Å². The summed E-state index contributed by atoms with van der Waals surface area (Å²) in [6.45, 7) is 5.84.